The number of nitrogens with one attached hydrogen (secondary N) is 2. The summed E-state index contributed by atoms with van der Waals surface area (Å²) in [6, 6.07) is 18.2. The molecule has 2 rings (SSSR count). The van der Waals surface area contributed by atoms with Crippen LogP contribution in [0.25, 0.3) is 0 Å². The number of hydrogen-bond donors (Lipinski definition) is 2. The van der Waals surface area contributed by atoms with Crippen LogP contribution in [0, 0.1) is 6.92 Å². The molecule has 150 valence electrons. The van der Waals surface area contributed by atoms with Crippen LogP contribution >= 0.6 is 0 Å². The van der Waals surface area contributed by atoms with Crippen LogP contribution in [0.2, 0.25) is 0 Å². The minimum atomic E-state index is -0.316. The van der Waals surface area contributed by atoms with Gasteiger partial charge in [-0.15, -0.1) is 0 Å². The van der Waals surface area contributed by atoms with Crippen molar-refractivity contribution in [2.24, 2.45) is 0 Å². The van der Waals surface area contributed by atoms with Crippen LogP contribution in [0.15, 0.2) is 54.6 Å². The second-order valence-electron chi connectivity index (χ2n) is 8.18. The highest BCUT2D eigenvalue weighted by molar-refractivity contribution is 5.85. The van der Waals surface area contributed by atoms with Crippen LogP contribution in [0.5, 0.6) is 0 Å². The quantitative estimate of drug-likeness (QED) is 0.775. The third-order valence-corrected chi connectivity index (χ3v) is 4.32. The Bertz CT molecular complexity index is 780. The Kier molecular flexibility index (Phi) is 7.35. The molecule has 28 heavy (non-hydrogen) atoms. The number of carbonyl (C=O) groups is 2. The topological polar surface area (TPSA) is 61.4 Å². The molecule has 5 heteroatoms. The molecule has 0 saturated heterocycles. The van der Waals surface area contributed by atoms with Crippen LogP contribution in [0.1, 0.15) is 43.5 Å². The molecular weight excluding hydrogens is 350 g/mol. The van der Waals surface area contributed by atoms with Gasteiger partial charge in [0.2, 0.25) is 11.8 Å². The lowest BCUT2D eigenvalue weighted by Crippen LogP contribution is -2.47. The normalized spacial score (nSPS) is 12.3. The van der Waals surface area contributed by atoms with Crippen LogP contribution < -0.4 is 10.6 Å². The molecule has 2 amide bonds. The monoisotopic (exact) mass is 381 g/mol. The summed E-state index contributed by atoms with van der Waals surface area (Å²) in [4.78, 5) is 26.1. The summed E-state index contributed by atoms with van der Waals surface area (Å²) >= 11 is 0. The van der Waals surface area contributed by atoms with E-state index in [1.807, 2.05) is 51.1 Å². The van der Waals surface area contributed by atoms with Crippen molar-refractivity contribution < 1.29 is 9.59 Å². The Labute approximate surface area is 168 Å². The maximum absolute atomic E-state index is 12.5. The Morgan fingerprint density at radius 3 is 2.11 bits per heavy atom. The molecule has 0 spiro atoms. The number of hydrogen-bond acceptors (Lipinski definition) is 3. The molecule has 2 aromatic rings. The zero-order valence-corrected chi connectivity index (χ0v) is 17.5. The Balaban J connectivity index is 2.03. The van der Waals surface area contributed by atoms with Crippen molar-refractivity contribution in [1.29, 1.82) is 0 Å². The van der Waals surface area contributed by atoms with E-state index in [0.717, 1.165) is 11.1 Å². The van der Waals surface area contributed by atoms with E-state index in [0.29, 0.717) is 0 Å². The van der Waals surface area contributed by atoms with Crippen molar-refractivity contribution in [2.45, 2.75) is 39.3 Å². The zero-order chi connectivity index (χ0) is 20.7. The van der Waals surface area contributed by atoms with Crippen molar-refractivity contribution >= 4 is 11.8 Å². The summed E-state index contributed by atoms with van der Waals surface area (Å²) in [5.74, 6) is -0.293. The van der Waals surface area contributed by atoms with Crippen molar-refractivity contribution in [2.75, 3.05) is 20.1 Å². The first-order valence-corrected chi connectivity index (χ1v) is 9.55. The van der Waals surface area contributed by atoms with Gasteiger partial charge in [-0.1, -0.05) is 60.2 Å². The molecule has 0 radical (unpaired) electrons. The largest absolute Gasteiger partial charge is 0.350 e. The molecule has 0 aliphatic heterocycles. The second kappa shape index (κ2) is 9.51. The SMILES string of the molecule is Cc1ccc([C@@H](NCC(=O)N(C)CC(=O)NC(C)(C)C)c2ccccc2)cc1. The molecule has 0 aliphatic rings. The third kappa shape index (κ3) is 6.82. The molecule has 0 bridgehead atoms. The summed E-state index contributed by atoms with van der Waals surface area (Å²) in [6.07, 6.45) is 0. The van der Waals surface area contributed by atoms with E-state index in [4.69, 9.17) is 0 Å². The van der Waals surface area contributed by atoms with Gasteiger partial charge < -0.3 is 10.2 Å². The van der Waals surface area contributed by atoms with Gasteiger partial charge in [0.05, 0.1) is 19.1 Å². The van der Waals surface area contributed by atoms with Gasteiger partial charge in [0.15, 0.2) is 0 Å². The molecule has 0 unspecified atom stereocenters. The van der Waals surface area contributed by atoms with Crippen molar-refractivity contribution in [3.8, 4) is 0 Å². The Morgan fingerprint density at radius 1 is 0.964 bits per heavy atom. The molecule has 5 nitrogen and oxygen atoms in total. The van der Waals surface area contributed by atoms with E-state index in [1.54, 1.807) is 7.05 Å². The number of carbonyl (C=O) groups excluding carboxylic acids is 2. The zero-order valence-electron chi connectivity index (χ0n) is 17.5. The lowest BCUT2D eigenvalue weighted by Gasteiger charge is -2.25. The van der Waals surface area contributed by atoms with E-state index in [-0.39, 0.29) is 36.5 Å². The van der Waals surface area contributed by atoms with Gasteiger partial charge >= 0.3 is 0 Å². The van der Waals surface area contributed by atoms with E-state index in [9.17, 15) is 9.59 Å². The van der Waals surface area contributed by atoms with Crippen molar-refractivity contribution in [3.05, 3.63) is 71.3 Å². The fraction of sp³-hybridized carbons (Fsp3) is 0.391. The minimum absolute atomic E-state index is 0.0400. The highest BCUT2D eigenvalue weighted by Gasteiger charge is 2.20. The fourth-order valence-electron chi connectivity index (χ4n) is 2.92. The lowest BCUT2D eigenvalue weighted by molar-refractivity contribution is -0.134. The van der Waals surface area contributed by atoms with Crippen LogP contribution in [-0.4, -0.2) is 42.4 Å². The Morgan fingerprint density at radius 2 is 1.54 bits per heavy atom. The van der Waals surface area contributed by atoms with E-state index in [1.165, 1.54) is 10.5 Å². The van der Waals surface area contributed by atoms with E-state index >= 15 is 0 Å². The number of aryl methyl sites for hydroxylation is 1. The molecule has 2 aromatic carbocycles. The molecule has 0 aliphatic carbocycles. The van der Waals surface area contributed by atoms with Gasteiger partial charge in [-0.25, -0.2) is 0 Å². The average molecular weight is 382 g/mol. The van der Waals surface area contributed by atoms with Crippen molar-refractivity contribution in [3.63, 3.8) is 0 Å². The summed E-state index contributed by atoms with van der Waals surface area (Å²) in [5.41, 5.74) is 3.06. The van der Waals surface area contributed by atoms with Crippen LogP contribution in [0.4, 0.5) is 0 Å². The lowest BCUT2D eigenvalue weighted by atomic mass is 9.98. The Hall–Kier alpha value is -2.66. The van der Waals surface area contributed by atoms with Gasteiger partial charge in [0.25, 0.3) is 0 Å². The smallest absolute Gasteiger partial charge is 0.240 e. The van der Waals surface area contributed by atoms with Crippen LogP contribution in [0.3, 0.4) is 0 Å². The van der Waals surface area contributed by atoms with E-state index in [2.05, 4.69) is 41.8 Å². The number of rotatable bonds is 7. The minimum Gasteiger partial charge on any atom is -0.350 e. The maximum Gasteiger partial charge on any atom is 0.240 e. The number of amides is 2. The molecular formula is C23H31N3O2. The third-order valence-electron chi connectivity index (χ3n) is 4.32. The standard InChI is InChI=1S/C23H31N3O2/c1-17-11-13-19(14-12-17)22(18-9-7-6-8-10-18)24-15-21(28)26(5)16-20(27)25-23(2,3)4/h6-14,22,24H,15-16H2,1-5H3,(H,25,27)/t22-/m0/s1. The van der Waals surface area contributed by atoms with Gasteiger partial charge in [-0.05, 0) is 38.8 Å². The first-order valence-electron chi connectivity index (χ1n) is 9.55. The molecule has 1 atom stereocenters. The number of nitrogens with zero attached hydrogens (tertiary/aromatic N) is 1. The fourth-order valence-corrected chi connectivity index (χ4v) is 2.92. The summed E-state index contributed by atoms with van der Waals surface area (Å²) in [6.45, 7) is 7.99. The average Bonchev–Trinajstić information content (AvgIpc) is 2.62. The molecule has 0 heterocycles. The second-order valence-corrected chi connectivity index (χ2v) is 8.18. The summed E-state index contributed by atoms with van der Waals surface area (Å²) in [5, 5.41) is 6.22. The van der Waals surface area contributed by atoms with Crippen LogP contribution in [-0.2, 0) is 9.59 Å². The first kappa shape index (κ1) is 21.6. The summed E-state index contributed by atoms with van der Waals surface area (Å²) < 4.78 is 0. The molecule has 2 N–H and O–H groups in total. The van der Waals surface area contributed by atoms with Gasteiger partial charge in [-0.3, -0.25) is 14.9 Å². The summed E-state index contributed by atoms with van der Waals surface area (Å²) in [7, 11) is 1.65. The van der Waals surface area contributed by atoms with Gasteiger partial charge in [0.1, 0.15) is 0 Å². The first-order chi connectivity index (χ1) is 13.2. The van der Waals surface area contributed by atoms with Gasteiger partial charge in [0, 0.05) is 12.6 Å². The molecule has 0 aromatic heterocycles. The van der Waals surface area contributed by atoms with E-state index < -0.39 is 0 Å². The predicted molar refractivity (Wildman–Crippen MR) is 113 cm³/mol. The number of benzene rings is 2. The van der Waals surface area contributed by atoms with Gasteiger partial charge in [-0.2, -0.15) is 0 Å². The number of likely N-dealkylation sites (N-methyl/N-ethyl adjacent to an activating group) is 1. The maximum atomic E-state index is 12.5. The molecule has 0 saturated carbocycles. The van der Waals surface area contributed by atoms with Crippen molar-refractivity contribution in [1.82, 2.24) is 15.5 Å². The highest BCUT2D eigenvalue weighted by atomic mass is 16.2. The highest BCUT2D eigenvalue weighted by Crippen LogP contribution is 2.22. The molecule has 0 fully saturated rings. The predicted octanol–water partition coefficient (Wildman–Crippen LogP) is 3.05.